The lowest BCUT2D eigenvalue weighted by molar-refractivity contribution is 0.403. The van der Waals surface area contributed by atoms with Gasteiger partial charge in [0.05, 0.1) is 27.2 Å². The quantitative estimate of drug-likeness (QED) is 0.316. The number of benzene rings is 3. The fourth-order valence-electron chi connectivity index (χ4n) is 4.54. The lowest BCUT2D eigenvalue weighted by Crippen LogP contribution is -2.17. The summed E-state index contributed by atoms with van der Waals surface area (Å²) in [6.45, 7) is 20.1. The van der Waals surface area contributed by atoms with Crippen LogP contribution in [0, 0.1) is 5.92 Å². The van der Waals surface area contributed by atoms with Crippen LogP contribution in [0.25, 0.3) is 0 Å². The molecule has 199 valence electrons. The third-order valence-electron chi connectivity index (χ3n) is 7.00. The van der Waals surface area contributed by atoms with Crippen LogP contribution in [0.2, 0.25) is 0 Å². The van der Waals surface area contributed by atoms with E-state index in [1.807, 2.05) is 0 Å². The van der Waals surface area contributed by atoms with E-state index in [0.29, 0.717) is 0 Å². The summed E-state index contributed by atoms with van der Waals surface area (Å²) in [7, 11) is 5.20. The lowest BCUT2D eigenvalue weighted by atomic mass is 9.76. The highest BCUT2D eigenvalue weighted by atomic mass is 16.5. The zero-order valence-corrected chi connectivity index (χ0v) is 24.9. The molecule has 3 rings (SSSR count). The van der Waals surface area contributed by atoms with Crippen molar-refractivity contribution < 1.29 is 14.2 Å². The van der Waals surface area contributed by atoms with Gasteiger partial charge in [-0.3, -0.25) is 0 Å². The van der Waals surface area contributed by atoms with Crippen LogP contribution in [0.1, 0.15) is 95.7 Å². The fourth-order valence-corrected chi connectivity index (χ4v) is 4.54. The summed E-state index contributed by atoms with van der Waals surface area (Å²) in [6, 6.07) is 19.5. The third-order valence-corrected chi connectivity index (χ3v) is 7.00. The van der Waals surface area contributed by atoms with Gasteiger partial charge in [0.25, 0.3) is 0 Å². The minimum atomic E-state index is -0.0270. The van der Waals surface area contributed by atoms with E-state index >= 15 is 0 Å². The van der Waals surface area contributed by atoms with Gasteiger partial charge in [-0.15, -0.1) is 0 Å². The summed E-state index contributed by atoms with van der Waals surface area (Å²) in [5, 5.41) is 0. The minimum absolute atomic E-state index is 0.0270. The van der Waals surface area contributed by atoms with E-state index in [1.54, 1.807) is 21.3 Å². The molecule has 0 bridgehead atoms. The van der Waals surface area contributed by atoms with Crippen molar-refractivity contribution >= 4 is 0 Å². The SMILES string of the molecule is COc1ccc(C(C)(C)C)cc1[C](c1cc(C(C)(C)C)ccc1OC)c1cc(C(C)(C)C)ccc1OC. The standard InChI is InChI=1S/C34H45O3/c1-32(2,3)22-13-16-28(35-10)25(19-22)31(26-20-23(33(4,5)6)14-17-29(26)36-11)27-21-24(34(7,8)9)15-18-30(27)37-12/h13-21H,1-12H3. The second-order valence-corrected chi connectivity index (χ2v) is 12.9. The molecule has 3 nitrogen and oxygen atoms in total. The maximum absolute atomic E-state index is 5.98. The highest BCUT2D eigenvalue weighted by Gasteiger charge is 2.31. The van der Waals surface area contributed by atoms with Gasteiger partial charge >= 0.3 is 0 Å². The molecule has 0 unspecified atom stereocenters. The van der Waals surface area contributed by atoms with Gasteiger partial charge in [-0.25, -0.2) is 0 Å². The summed E-state index contributed by atoms with van der Waals surface area (Å²) in [5.41, 5.74) is 6.67. The van der Waals surface area contributed by atoms with Crippen molar-refractivity contribution in [2.45, 2.75) is 78.6 Å². The predicted molar refractivity (Wildman–Crippen MR) is 156 cm³/mol. The molecule has 0 heterocycles. The predicted octanol–water partition coefficient (Wildman–Crippen LogP) is 8.62. The van der Waals surface area contributed by atoms with Gasteiger partial charge in [0, 0.05) is 16.7 Å². The fraction of sp³-hybridized carbons (Fsp3) is 0.441. The molecular formula is C34H45O3. The minimum Gasteiger partial charge on any atom is -0.496 e. The Hall–Kier alpha value is -2.94. The van der Waals surface area contributed by atoms with Gasteiger partial charge in [-0.05, 0) is 51.1 Å². The van der Waals surface area contributed by atoms with Crippen LogP contribution in [0.3, 0.4) is 0 Å². The maximum Gasteiger partial charge on any atom is 0.123 e. The first-order chi connectivity index (χ1) is 17.1. The largest absolute Gasteiger partial charge is 0.496 e. The molecule has 0 aliphatic heterocycles. The number of methoxy groups -OCH3 is 3. The number of hydrogen-bond acceptors (Lipinski definition) is 3. The Morgan fingerprint density at radius 3 is 0.865 bits per heavy atom. The Bertz CT molecular complexity index is 1080. The summed E-state index contributed by atoms with van der Waals surface area (Å²) in [5.74, 6) is 3.48. The molecule has 0 aliphatic rings. The van der Waals surface area contributed by atoms with Gasteiger partial charge in [0.1, 0.15) is 17.2 Å². The Balaban J connectivity index is 2.51. The van der Waals surface area contributed by atoms with E-state index in [4.69, 9.17) is 14.2 Å². The van der Waals surface area contributed by atoms with Gasteiger partial charge in [0.2, 0.25) is 0 Å². The molecule has 1 radical (unpaired) electrons. The molecule has 3 aromatic carbocycles. The average molecular weight is 502 g/mol. The normalized spacial score (nSPS) is 12.6. The summed E-state index contributed by atoms with van der Waals surface area (Å²) in [6.07, 6.45) is 0. The first kappa shape index (κ1) is 28.6. The monoisotopic (exact) mass is 501 g/mol. The Morgan fingerprint density at radius 1 is 0.432 bits per heavy atom. The summed E-state index contributed by atoms with van der Waals surface area (Å²) >= 11 is 0. The number of hydrogen-bond donors (Lipinski definition) is 0. The van der Waals surface area contributed by atoms with Gasteiger partial charge < -0.3 is 14.2 Å². The zero-order valence-electron chi connectivity index (χ0n) is 24.9. The number of rotatable bonds is 6. The third kappa shape index (κ3) is 6.14. The molecule has 37 heavy (non-hydrogen) atoms. The van der Waals surface area contributed by atoms with Crippen molar-refractivity contribution in [1.82, 2.24) is 0 Å². The van der Waals surface area contributed by atoms with E-state index < -0.39 is 0 Å². The molecule has 0 amide bonds. The Kier molecular flexibility index (Phi) is 8.08. The van der Waals surface area contributed by atoms with Crippen LogP contribution in [-0.2, 0) is 16.2 Å². The maximum atomic E-state index is 5.98. The van der Waals surface area contributed by atoms with Crippen LogP contribution < -0.4 is 14.2 Å². The highest BCUT2D eigenvalue weighted by Crippen LogP contribution is 2.46. The van der Waals surface area contributed by atoms with Crippen LogP contribution in [-0.4, -0.2) is 21.3 Å². The van der Waals surface area contributed by atoms with Crippen LogP contribution in [0.5, 0.6) is 17.2 Å². The van der Waals surface area contributed by atoms with Crippen molar-refractivity contribution in [3.8, 4) is 17.2 Å². The van der Waals surface area contributed by atoms with Crippen molar-refractivity contribution in [3.63, 3.8) is 0 Å². The summed E-state index contributed by atoms with van der Waals surface area (Å²) < 4.78 is 17.9. The van der Waals surface area contributed by atoms with E-state index in [0.717, 1.165) is 39.9 Å². The van der Waals surface area contributed by atoms with E-state index in [2.05, 4.69) is 117 Å². The van der Waals surface area contributed by atoms with Gasteiger partial charge in [0.15, 0.2) is 0 Å². The molecule has 0 aliphatic carbocycles. The van der Waals surface area contributed by atoms with E-state index in [-0.39, 0.29) is 16.2 Å². The first-order valence-electron chi connectivity index (χ1n) is 13.1. The molecule has 3 heteroatoms. The lowest BCUT2D eigenvalue weighted by Gasteiger charge is -2.29. The summed E-state index contributed by atoms with van der Waals surface area (Å²) in [4.78, 5) is 0. The number of ether oxygens (including phenoxy) is 3. The molecule has 0 aromatic heterocycles. The van der Waals surface area contributed by atoms with Crippen LogP contribution in [0.4, 0.5) is 0 Å². The molecule has 0 spiro atoms. The second-order valence-electron chi connectivity index (χ2n) is 12.9. The van der Waals surface area contributed by atoms with Crippen molar-refractivity contribution in [3.05, 3.63) is 93.9 Å². The Morgan fingerprint density at radius 2 is 0.676 bits per heavy atom. The zero-order chi connectivity index (χ0) is 27.8. The van der Waals surface area contributed by atoms with Crippen molar-refractivity contribution in [1.29, 1.82) is 0 Å². The van der Waals surface area contributed by atoms with E-state index in [1.165, 1.54) is 16.7 Å². The van der Waals surface area contributed by atoms with E-state index in [9.17, 15) is 0 Å². The Labute approximate surface area is 225 Å². The average Bonchev–Trinajstić information content (AvgIpc) is 2.82. The molecular weight excluding hydrogens is 456 g/mol. The van der Waals surface area contributed by atoms with Gasteiger partial charge in [-0.2, -0.15) is 0 Å². The molecule has 0 saturated carbocycles. The highest BCUT2D eigenvalue weighted by molar-refractivity contribution is 5.69. The second kappa shape index (κ2) is 10.4. The molecule has 3 aromatic rings. The first-order valence-corrected chi connectivity index (χ1v) is 13.1. The van der Waals surface area contributed by atoms with Crippen molar-refractivity contribution in [2.24, 2.45) is 0 Å². The molecule has 0 fully saturated rings. The molecule has 0 N–H and O–H groups in total. The van der Waals surface area contributed by atoms with Crippen LogP contribution >= 0.6 is 0 Å². The van der Waals surface area contributed by atoms with Crippen molar-refractivity contribution in [2.75, 3.05) is 21.3 Å². The molecule has 0 atom stereocenters. The van der Waals surface area contributed by atoms with Crippen LogP contribution in [0.15, 0.2) is 54.6 Å². The molecule has 0 saturated heterocycles. The topological polar surface area (TPSA) is 27.7 Å². The smallest absolute Gasteiger partial charge is 0.123 e. The van der Waals surface area contributed by atoms with Gasteiger partial charge in [-0.1, -0.05) is 98.7 Å².